The zero-order valence-corrected chi connectivity index (χ0v) is 13.1. The highest BCUT2D eigenvalue weighted by molar-refractivity contribution is 5.46. The molecule has 0 spiro atoms. The van der Waals surface area contributed by atoms with Gasteiger partial charge in [-0.15, -0.1) is 0 Å². The normalized spacial score (nSPS) is 16.5. The Morgan fingerprint density at radius 2 is 1.33 bits per heavy atom. The van der Waals surface area contributed by atoms with Crippen LogP contribution in [0.2, 0.25) is 0 Å². The molecule has 0 fully saturated rings. The van der Waals surface area contributed by atoms with Crippen molar-refractivity contribution in [3.8, 4) is 0 Å². The Hall–Kier alpha value is -1.98. The first kappa shape index (κ1) is 18.4. The fourth-order valence-electron chi connectivity index (χ4n) is 2.85. The van der Waals surface area contributed by atoms with Crippen molar-refractivity contribution in [3.63, 3.8) is 0 Å². The average Bonchev–Trinajstić information content (AvgIpc) is 2.64. The molecule has 0 N–H and O–H groups in total. The van der Waals surface area contributed by atoms with Crippen molar-refractivity contribution < 1.29 is 26.3 Å². The van der Waals surface area contributed by atoms with Gasteiger partial charge in [0.2, 0.25) is 5.41 Å². The molecule has 130 valence electrons. The van der Waals surface area contributed by atoms with Crippen molar-refractivity contribution in [2.24, 2.45) is 0 Å². The van der Waals surface area contributed by atoms with Gasteiger partial charge in [0.05, 0.1) is 0 Å². The lowest BCUT2D eigenvalue weighted by Gasteiger charge is -2.39. The first-order chi connectivity index (χ1) is 11.0. The standard InChI is InChI=1S/C18H16F6/c1-12-4-3-5-14(9-6-12)16(17(19,20)21,18(22,23)24)15-10-7-13(2)8-11-15/h3-4,6-11H,5H2,1-2H3. The van der Waals surface area contributed by atoms with Crippen LogP contribution in [0.25, 0.3) is 0 Å². The summed E-state index contributed by atoms with van der Waals surface area (Å²) in [4.78, 5) is 0. The molecule has 0 aromatic heterocycles. The number of rotatable bonds is 2. The van der Waals surface area contributed by atoms with Crippen LogP contribution >= 0.6 is 0 Å². The number of alkyl halides is 6. The summed E-state index contributed by atoms with van der Waals surface area (Å²) in [5.74, 6) is 0. The largest absolute Gasteiger partial charge is 0.410 e. The molecule has 2 rings (SSSR count). The van der Waals surface area contributed by atoms with E-state index in [2.05, 4.69) is 0 Å². The molecule has 6 heteroatoms. The molecule has 0 saturated heterocycles. The lowest BCUT2D eigenvalue weighted by Crippen LogP contribution is -2.55. The SMILES string of the molecule is CC1=CC=C(C(c2ccc(C)cc2)(C(F)(F)F)C(F)(F)F)CC=C1. The quantitative estimate of drug-likeness (QED) is 0.560. The van der Waals surface area contributed by atoms with E-state index in [1.165, 1.54) is 30.4 Å². The van der Waals surface area contributed by atoms with E-state index in [9.17, 15) is 26.3 Å². The molecule has 0 saturated carbocycles. The summed E-state index contributed by atoms with van der Waals surface area (Å²) in [6.07, 6.45) is -6.42. The average molecular weight is 346 g/mol. The van der Waals surface area contributed by atoms with Crippen LogP contribution in [0.3, 0.4) is 0 Å². The smallest absolute Gasteiger partial charge is 0.169 e. The lowest BCUT2D eigenvalue weighted by molar-refractivity contribution is -0.290. The predicted molar refractivity (Wildman–Crippen MR) is 80.6 cm³/mol. The van der Waals surface area contributed by atoms with Gasteiger partial charge < -0.3 is 0 Å². The summed E-state index contributed by atoms with van der Waals surface area (Å²) in [7, 11) is 0. The Bertz CT molecular complexity index is 670. The zero-order valence-electron chi connectivity index (χ0n) is 13.1. The van der Waals surface area contributed by atoms with Gasteiger partial charge in [-0.3, -0.25) is 0 Å². The van der Waals surface area contributed by atoms with Gasteiger partial charge in [0.25, 0.3) is 0 Å². The van der Waals surface area contributed by atoms with Gasteiger partial charge in [0.1, 0.15) is 0 Å². The van der Waals surface area contributed by atoms with Crippen LogP contribution in [0, 0.1) is 6.92 Å². The summed E-state index contributed by atoms with van der Waals surface area (Å²) in [5, 5.41) is 0. The number of hydrogen-bond acceptors (Lipinski definition) is 0. The molecule has 24 heavy (non-hydrogen) atoms. The number of benzene rings is 1. The van der Waals surface area contributed by atoms with E-state index in [0.29, 0.717) is 11.1 Å². The fraction of sp³-hybridized carbons (Fsp3) is 0.333. The van der Waals surface area contributed by atoms with E-state index < -0.39 is 35.3 Å². The van der Waals surface area contributed by atoms with E-state index in [4.69, 9.17) is 0 Å². The van der Waals surface area contributed by atoms with Crippen LogP contribution in [-0.4, -0.2) is 12.4 Å². The molecule has 0 aliphatic heterocycles. The summed E-state index contributed by atoms with van der Waals surface area (Å²) in [5.41, 5.74) is -4.41. The van der Waals surface area contributed by atoms with E-state index in [0.717, 1.165) is 18.2 Å². The molecule has 1 aromatic rings. The fourth-order valence-corrected chi connectivity index (χ4v) is 2.85. The van der Waals surface area contributed by atoms with Gasteiger partial charge in [-0.25, -0.2) is 0 Å². The van der Waals surface area contributed by atoms with Crippen molar-refractivity contribution >= 4 is 0 Å². The Kier molecular flexibility index (Phi) is 4.70. The van der Waals surface area contributed by atoms with E-state index in [-0.39, 0.29) is 0 Å². The van der Waals surface area contributed by atoms with Crippen LogP contribution in [0.5, 0.6) is 0 Å². The molecule has 0 radical (unpaired) electrons. The topological polar surface area (TPSA) is 0 Å². The third-order valence-electron chi connectivity index (χ3n) is 4.08. The van der Waals surface area contributed by atoms with E-state index >= 15 is 0 Å². The van der Waals surface area contributed by atoms with Crippen LogP contribution < -0.4 is 0 Å². The number of allylic oxidation sites excluding steroid dienone is 6. The van der Waals surface area contributed by atoms with Crippen molar-refractivity contribution in [2.75, 3.05) is 0 Å². The number of halogens is 6. The minimum Gasteiger partial charge on any atom is -0.169 e. The minimum atomic E-state index is -5.52. The van der Waals surface area contributed by atoms with Crippen molar-refractivity contribution in [1.29, 1.82) is 0 Å². The first-order valence-corrected chi connectivity index (χ1v) is 7.25. The molecule has 0 bridgehead atoms. The highest BCUT2D eigenvalue weighted by Gasteiger charge is 2.72. The van der Waals surface area contributed by atoms with Crippen LogP contribution in [0.4, 0.5) is 26.3 Å². The van der Waals surface area contributed by atoms with Gasteiger partial charge in [-0.2, -0.15) is 26.3 Å². The maximum atomic E-state index is 13.9. The molecule has 0 nitrogen and oxygen atoms in total. The Labute approximate surface area is 136 Å². The third kappa shape index (κ3) is 3.01. The Morgan fingerprint density at radius 1 is 0.792 bits per heavy atom. The lowest BCUT2D eigenvalue weighted by atomic mass is 9.71. The third-order valence-corrected chi connectivity index (χ3v) is 4.08. The van der Waals surface area contributed by atoms with Crippen molar-refractivity contribution in [1.82, 2.24) is 0 Å². The second kappa shape index (κ2) is 6.15. The number of hydrogen-bond donors (Lipinski definition) is 0. The van der Waals surface area contributed by atoms with Gasteiger partial charge in [0, 0.05) is 0 Å². The molecule has 1 aliphatic carbocycles. The summed E-state index contributed by atoms with van der Waals surface area (Å²) < 4.78 is 83.2. The zero-order chi connectivity index (χ0) is 18.2. The maximum absolute atomic E-state index is 13.9. The Morgan fingerprint density at radius 3 is 1.83 bits per heavy atom. The predicted octanol–water partition coefficient (Wildman–Crippen LogP) is 6.19. The van der Waals surface area contributed by atoms with E-state index in [1.54, 1.807) is 13.8 Å². The van der Waals surface area contributed by atoms with Gasteiger partial charge in [-0.05, 0) is 31.4 Å². The van der Waals surface area contributed by atoms with Gasteiger partial charge in [0.15, 0.2) is 0 Å². The molecule has 0 heterocycles. The highest BCUT2D eigenvalue weighted by atomic mass is 19.4. The van der Waals surface area contributed by atoms with E-state index in [1.807, 2.05) is 0 Å². The number of aryl methyl sites for hydroxylation is 1. The van der Waals surface area contributed by atoms with Crippen LogP contribution in [-0.2, 0) is 5.41 Å². The van der Waals surface area contributed by atoms with Crippen LogP contribution in [0.1, 0.15) is 24.5 Å². The Balaban J connectivity index is 2.83. The van der Waals surface area contributed by atoms with Gasteiger partial charge in [-0.1, -0.05) is 59.7 Å². The first-order valence-electron chi connectivity index (χ1n) is 7.25. The van der Waals surface area contributed by atoms with Crippen molar-refractivity contribution in [2.45, 2.75) is 38.0 Å². The summed E-state index contributed by atoms with van der Waals surface area (Å²) in [6, 6.07) is 4.33. The van der Waals surface area contributed by atoms with Crippen LogP contribution in [0.15, 0.2) is 59.7 Å². The summed E-state index contributed by atoms with van der Waals surface area (Å²) >= 11 is 0. The molecular weight excluding hydrogens is 330 g/mol. The molecule has 0 amide bonds. The molecule has 1 aliphatic rings. The minimum absolute atomic E-state index is 0.430. The molecule has 0 atom stereocenters. The highest BCUT2D eigenvalue weighted by Crippen LogP contribution is 2.57. The molecule has 1 aromatic carbocycles. The molecule has 0 unspecified atom stereocenters. The summed E-state index contributed by atoms with van der Waals surface area (Å²) in [6.45, 7) is 3.22. The molecular formula is C18H16F6. The van der Waals surface area contributed by atoms with Gasteiger partial charge >= 0.3 is 12.4 Å². The monoisotopic (exact) mass is 346 g/mol. The maximum Gasteiger partial charge on any atom is 0.410 e. The second-order valence-electron chi connectivity index (χ2n) is 5.82. The van der Waals surface area contributed by atoms with Crippen molar-refractivity contribution in [3.05, 3.63) is 70.8 Å². The second-order valence-corrected chi connectivity index (χ2v) is 5.82.